The van der Waals surface area contributed by atoms with Crippen LogP contribution in [-0.4, -0.2) is 35.5 Å². The van der Waals surface area contributed by atoms with Crippen LogP contribution in [0.15, 0.2) is 12.4 Å². The van der Waals surface area contributed by atoms with Crippen molar-refractivity contribution in [2.24, 2.45) is 0 Å². The summed E-state index contributed by atoms with van der Waals surface area (Å²) in [6.07, 6.45) is 3.44. The minimum absolute atomic E-state index is 0.0279. The molecule has 0 unspecified atom stereocenters. The van der Waals surface area contributed by atoms with Crippen molar-refractivity contribution in [3.63, 3.8) is 0 Å². The Morgan fingerprint density at radius 1 is 1.43 bits per heavy atom. The number of carbonyl (C=O) groups is 1. The Bertz CT molecular complexity index is 335. The van der Waals surface area contributed by atoms with Gasteiger partial charge in [-0.1, -0.05) is 0 Å². The van der Waals surface area contributed by atoms with E-state index in [1.165, 1.54) is 0 Å². The molecule has 0 spiro atoms. The second-order valence-electron chi connectivity index (χ2n) is 3.28. The van der Waals surface area contributed by atoms with Gasteiger partial charge in [0.2, 0.25) is 11.9 Å². The van der Waals surface area contributed by atoms with Crippen LogP contribution < -0.4 is 10.2 Å². The molecule has 1 aromatic rings. The van der Waals surface area contributed by atoms with Crippen LogP contribution in [0.3, 0.4) is 0 Å². The summed E-state index contributed by atoms with van der Waals surface area (Å²) in [7, 11) is 0. The van der Waals surface area contributed by atoms with E-state index in [4.69, 9.17) is 0 Å². The SMILES string of the molecule is Cc1cnc(N2CCNCC2=O)nc1. The summed E-state index contributed by atoms with van der Waals surface area (Å²) in [5.74, 6) is 0.530. The van der Waals surface area contributed by atoms with Crippen LogP contribution in [0.4, 0.5) is 5.95 Å². The molecule has 0 saturated carbocycles. The highest BCUT2D eigenvalue weighted by Crippen LogP contribution is 2.07. The van der Waals surface area contributed by atoms with E-state index in [-0.39, 0.29) is 5.91 Å². The first-order valence-corrected chi connectivity index (χ1v) is 4.57. The summed E-state index contributed by atoms with van der Waals surface area (Å²) in [4.78, 5) is 21.3. The van der Waals surface area contributed by atoms with Crippen molar-refractivity contribution >= 4 is 11.9 Å². The Labute approximate surface area is 82.2 Å². The van der Waals surface area contributed by atoms with Gasteiger partial charge >= 0.3 is 0 Å². The molecule has 1 aromatic heterocycles. The Morgan fingerprint density at radius 2 is 2.14 bits per heavy atom. The lowest BCUT2D eigenvalue weighted by molar-refractivity contribution is -0.118. The van der Waals surface area contributed by atoms with Gasteiger partial charge < -0.3 is 5.32 Å². The fourth-order valence-electron chi connectivity index (χ4n) is 1.34. The highest BCUT2D eigenvalue weighted by atomic mass is 16.2. The Balaban J connectivity index is 2.20. The number of amides is 1. The van der Waals surface area contributed by atoms with Crippen molar-refractivity contribution in [3.8, 4) is 0 Å². The lowest BCUT2D eigenvalue weighted by atomic mass is 10.3. The van der Waals surface area contributed by atoms with Crippen LogP contribution in [-0.2, 0) is 4.79 Å². The zero-order chi connectivity index (χ0) is 9.97. The van der Waals surface area contributed by atoms with Crippen molar-refractivity contribution in [2.75, 3.05) is 24.5 Å². The van der Waals surface area contributed by atoms with Gasteiger partial charge in [-0.15, -0.1) is 0 Å². The van der Waals surface area contributed by atoms with Gasteiger partial charge in [0.1, 0.15) is 0 Å². The van der Waals surface area contributed by atoms with Crippen molar-refractivity contribution < 1.29 is 4.79 Å². The molecule has 0 radical (unpaired) electrons. The monoisotopic (exact) mass is 192 g/mol. The first-order chi connectivity index (χ1) is 6.77. The van der Waals surface area contributed by atoms with E-state index in [1.54, 1.807) is 17.3 Å². The summed E-state index contributed by atoms with van der Waals surface area (Å²) in [5, 5.41) is 3.00. The van der Waals surface area contributed by atoms with E-state index >= 15 is 0 Å². The molecule has 1 aliphatic heterocycles. The lowest BCUT2D eigenvalue weighted by Gasteiger charge is -2.25. The topological polar surface area (TPSA) is 58.1 Å². The summed E-state index contributed by atoms with van der Waals surface area (Å²) < 4.78 is 0. The maximum Gasteiger partial charge on any atom is 0.243 e. The molecule has 0 aromatic carbocycles. The Hall–Kier alpha value is -1.49. The van der Waals surface area contributed by atoms with Crippen LogP contribution >= 0.6 is 0 Å². The maximum atomic E-state index is 11.5. The van der Waals surface area contributed by atoms with Gasteiger partial charge in [0.25, 0.3) is 0 Å². The molecule has 0 bridgehead atoms. The van der Waals surface area contributed by atoms with Crippen LogP contribution in [0.1, 0.15) is 5.56 Å². The number of hydrogen-bond donors (Lipinski definition) is 1. The molecule has 14 heavy (non-hydrogen) atoms. The van der Waals surface area contributed by atoms with Gasteiger partial charge in [0.15, 0.2) is 0 Å². The third-order valence-corrected chi connectivity index (χ3v) is 2.10. The van der Waals surface area contributed by atoms with Crippen LogP contribution in [0.5, 0.6) is 0 Å². The molecule has 1 N–H and O–H groups in total. The minimum atomic E-state index is 0.0279. The van der Waals surface area contributed by atoms with Crippen molar-refractivity contribution in [1.82, 2.24) is 15.3 Å². The third kappa shape index (κ3) is 1.72. The van der Waals surface area contributed by atoms with Gasteiger partial charge in [0, 0.05) is 25.5 Å². The molecule has 5 nitrogen and oxygen atoms in total. The highest BCUT2D eigenvalue weighted by Gasteiger charge is 2.20. The second-order valence-corrected chi connectivity index (χ2v) is 3.28. The molecule has 1 amide bonds. The predicted octanol–water partition coefficient (Wildman–Crippen LogP) is -0.279. The van der Waals surface area contributed by atoms with Gasteiger partial charge in [-0.25, -0.2) is 9.97 Å². The largest absolute Gasteiger partial charge is 0.307 e. The van der Waals surface area contributed by atoms with E-state index in [1.807, 2.05) is 6.92 Å². The molecule has 5 heteroatoms. The molecule has 2 rings (SSSR count). The summed E-state index contributed by atoms with van der Waals surface area (Å²) >= 11 is 0. The van der Waals surface area contributed by atoms with Crippen molar-refractivity contribution in [1.29, 1.82) is 0 Å². The number of aromatic nitrogens is 2. The zero-order valence-corrected chi connectivity index (χ0v) is 8.03. The lowest BCUT2D eigenvalue weighted by Crippen LogP contribution is -2.48. The molecule has 74 valence electrons. The minimum Gasteiger partial charge on any atom is -0.307 e. The first kappa shape index (κ1) is 9.08. The zero-order valence-electron chi connectivity index (χ0n) is 8.03. The van der Waals surface area contributed by atoms with Crippen LogP contribution in [0.25, 0.3) is 0 Å². The van der Waals surface area contributed by atoms with Crippen molar-refractivity contribution in [3.05, 3.63) is 18.0 Å². The molecular weight excluding hydrogens is 180 g/mol. The van der Waals surface area contributed by atoms with E-state index in [2.05, 4.69) is 15.3 Å². The number of nitrogens with one attached hydrogen (secondary N) is 1. The third-order valence-electron chi connectivity index (χ3n) is 2.10. The molecule has 0 aliphatic carbocycles. The molecular formula is C9H12N4O. The molecule has 1 saturated heterocycles. The fourth-order valence-corrected chi connectivity index (χ4v) is 1.34. The molecule has 1 aliphatic rings. The highest BCUT2D eigenvalue weighted by molar-refractivity contribution is 5.93. The second kappa shape index (κ2) is 3.71. The number of anilines is 1. The molecule has 0 atom stereocenters. The summed E-state index contributed by atoms with van der Waals surface area (Å²) in [5.41, 5.74) is 0.997. The average molecular weight is 192 g/mol. The van der Waals surface area contributed by atoms with Crippen molar-refractivity contribution in [2.45, 2.75) is 6.92 Å². The molecule has 1 fully saturated rings. The summed E-state index contributed by atoms with van der Waals surface area (Å²) in [6.45, 7) is 3.73. The van der Waals surface area contributed by atoms with E-state index < -0.39 is 0 Å². The number of aryl methyl sites for hydroxylation is 1. The van der Waals surface area contributed by atoms with Gasteiger partial charge in [-0.3, -0.25) is 9.69 Å². The van der Waals surface area contributed by atoms with Crippen LogP contribution in [0.2, 0.25) is 0 Å². The van der Waals surface area contributed by atoms with E-state index in [0.29, 0.717) is 19.0 Å². The fraction of sp³-hybridized carbons (Fsp3) is 0.444. The van der Waals surface area contributed by atoms with Gasteiger partial charge in [0.05, 0.1) is 6.54 Å². The number of nitrogens with zero attached hydrogens (tertiary/aromatic N) is 3. The maximum absolute atomic E-state index is 11.5. The van der Waals surface area contributed by atoms with Crippen LogP contribution in [0, 0.1) is 6.92 Å². The van der Waals surface area contributed by atoms with E-state index in [9.17, 15) is 4.79 Å². The average Bonchev–Trinajstić information content (AvgIpc) is 2.20. The smallest absolute Gasteiger partial charge is 0.243 e. The Morgan fingerprint density at radius 3 is 2.79 bits per heavy atom. The normalized spacial score (nSPS) is 17.2. The standard InChI is InChI=1S/C9H12N4O/c1-7-4-11-9(12-5-7)13-3-2-10-6-8(13)14/h4-5,10H,2-3,6H2,1H3. The summed E-state index contributed by atoms with van der Waals surface area (Å²) in [6, 6.07) is 0. The quantitative estimate of drug-likeness (QED) is 0.665. The number of piperazine rings is 1. The predicted molar refractivity (Wildman–Crippen MR) is 52.0 cm³/mol. The number of hydrogen-bond acceptors (Lipinski definition) is 4. The first-order valence-electron chi connectivity index (χ1n) is 4.57. The van der Waals surface area contributed by atoms with Gasteiger partial charge in [-0.05, 0) is 12.5 Å². The Kier molecular flexibility index (Phi) is 2.41. The number of rotatable bonds is 1. The van der Waals surface area contributed by atoms with E-state index in [0.717, 1.165) is 12.1 Å². The number of carbonyl (C=O) groups excluding carboxylic acids is 1. The molecule has 2 heterocycles. The van der Waals surface area contributed by atoms with Gasteiger partial charge in [-0.2, -0.15) is 0 Å².